The number of rotatable bonds is 6. The van der Waals surface area contributed by atoms with Crippen LogP contribution in [0.5, 0.6) is 5.75 Å². The molecule has 1 amide bonds. The van der Waals surface area contributed by atoms with Crippen molar-refractivity contribution in [3.05, 3.63) is 53.6 Å². The lowest BCUT2D eigenvalue weighted by Gasteiger charge is -2.37. The van der Waals surface area contributed by atoms with Crippen LogP contribution in [-0.2, 0) is 0 Å². The summed E-state index contributed by atoms with van der Waals surface area (Å²) < 4.78 is 26.9. The van der Waals surface area contributed by atoms with Crippen LogP contribution in [0.4, 0.5) is 38.0 Å². The van der Waals surface area contributed by atoms with Gasteiger partial charge in [0.25, 0.3) is 5.91 Å². The number of aromatic nitrogens is 3. The molecule has 2 aromatic carbocycles. The summed E-state index contributed by atoms with van der Waals surface area (Å²) in [7, 11) is 0. The number of piperidine rings is 2. The third-order valence-electron chi connectivity index (χ3n) is 6.92. The maximum atomic E-state index is 13.7. The van der Waals surface area contributed by atoms with E-state index in [-0.39, 0.29) is 30.1 Å². The first-order chi connectivity index (χ1) is 19.5. The van der Waals surface area contributed by atoms with Gasteiger partial charge in [-0.1, -0.05) is 0 Å². The van der Waals surface area contributed by atoms with Gasteiger partial charge < -0.3 is 48.5 Å². The van der Waals surface area contributed by atoms with Crippen LogP contribution in [-0.4, -0.2) is 76.3 Å². The maximum absolute atomic E-state index is 13.7. The van der Waals surface area contributed by atoms with Crippen molar-refractivity contribution in [3.63, 3.8) is 0 Å². The monoisotopic (exact) mass is 569 g/mol. The number of nitrogens with one attached hydrogen (secondary N) is 2. The number of aromatic hydroxyl groups is 1. The van der Waals surface area contributed by atoms with Gasteiger partial charge >= 0.3 is 0 Å². The Hall–Kier alpha value is -4.18. The molecule has 218 valence electrons. The fourth-order valence-corrected chi connectivity index (χ4v) is 5.06. The Morgan fingerprint density at radius 2 is 1.27 bits per heavy atom. The van der Waals surface area contributed by atoms with Gasteiger partial charge in [0, 0.05) is 61.7 Å². The normalized spacial score (nSPS) is 22.9. The molecule has 11 N–H and O–H groups in total. The molecule has 41 heavy (non-hydrogen) atoms. The van der Waals surface area contributed by atoms with Gasteiger partial charge in [-0.3, -0.25) is 4.79 Å². The molecule has 3 heterocycles. The van der Waals surface area contributed by atoms with Crippen molar-refractivity contribution in [3.8, 4) is 5.75 Å². The molecule has 0 unspecified atom stereocenters. The fraction of sp³-hybridized carbons (Fsp3) is 0.385. The smallest absolute Gasteiger partial charge is 0.259 e. The van der Waals surface area contributed by atoms with E-state index in [2.05, 4.69) is 20.6 Å². The van der Waals surface area contributed by atoms with E-state index in [0.717, 1.165) is 12.1 Å². The topological polar surface area (TPSA) is 211 Å². The second-order valence-corrected chi connectivity index (χ2v) is 10.5. The zero-order valence-electron chi connectivity index (χ0n) is 22.2. The average molecular weight is 570 g/mol. The number of nitrogens with zero attached hydrogens (tertiary/aromatic N) is 5. The lowest BCUT2D eigenvalue weighted by molar-refractivity contribution is 0.102. The molecule has 15 heteroatoms. The second kappa shape index (κ2) is 11.7. The lowest BCUT2D eigenvalue weighted by Crippen LogP contribution is -2.54. The Labute approximate surface area is 234 Å². The van der Waals surface area contributed by atoms with Gasteiger partial charge in [0.05, 0.1) is 5.56 Å². The summed E-state index contributed by atoms with van der Waals surface area (Å²) in [5.41, 5.74) is 25.4. The minimum Gasteiger partial charge on any atom is -0.504 e. The predicted molar refractivity (Wildman–Crippen MR) is 151 cm³/mol. The number of carbonyl (C=O) groups excluding carboxylic acids is 1. The molecule has 2 aliphatic heterocycles. The second-order valence-electron chi connectivity index (χ2n) is 10.5. The summed E-state index contributed by atoms with van der Waals surface area (Å²) in [6, 6.07) is 7.80. The van der Waals surface area contributed by atoms with E-state index in [0.29, 0.717) is 62.3 Å². The molecule has 13 nitrogen and oxygen atoms in total. The third kappa shape index (κ3) is 6.59. The van der Waals surface area contributed by atoms with Crippen LogP contribution in [0.25, 0.3) is 0 Å². The average Bonchev–Trinajstić information content (AvgIpc) is 2.91. The molecule has 0 radical (unpaired) electrons. The number of hydrogen-bond donors (Lipinski definition) is 7. The number of nitrogens with two attached hydrogens (primary N) is 4. The Balaban J connectivity index is 1.36. The molecule has 0 spiro atoms. The van der Waals surface area contributed by atoms with Gasteiger partial charge in [-0.05, 0) is 49.2 Å². The quantitative estimate of drug-likeness (QED) is 0.217. The molecular formula is C26H33F2N11O2. The maximum Gasteiger partial charge on any atom is 0.259 e. The largest absolute Gasteiger partial charge is 0.504 e. The van der Waals surface area contributed by atoms with E-state index in [1.54, 1.807) is 24.3 Å². The third-order valence-corrected chi connectivity index (χ3v) is 6.92. The highest BCUT2D eigenvalue weighted by molar-refractivity contribution is 6.06. The van der Waals surface area contributed by atoms with Crippen LogP contribution in [0.3, 0.4) is 0 Å². The SMILES string of the molecule is N[C@@H]1C[C@H](N)CN(c2nc(Nc3ccc(NC(=O)c4ccc(F)c(F)c4O)cc3)nc(N3C[C@H](N)C[C@H](N)C3)n2)C1. The van der Waals surface area contributed by atoms with Gasteiger partial charge in [0.1, 0.15) is 0 Å². The van der Waals surface area contributed by atoms with Crippen LogP contribution in [0.15, 0.2) is 36.4 Å². The van der Waals surface area contributed by atoms with Crippen molar-refractivity contribution in [2.75, 3.05) is 46.6 Å². The number of anilines is 5. The zero-order chi connectivity index (χ0) is 29.3. The lowest BCUT2D eigenvalue weighted by atomic mass is 10.0. The fourth-order valence-electron chi connectivity index (χ4n) is 5.06. The number of halogens is 2. The van der Waals surface area contributed by atoms with E-state index in [4.69, 9.17) is 27.9 Å². The molecule has 1 aromatic heterocycles. The van der Waals surface area contributed by atoms with E-state index in [1.165, 1.54) is 0 Å². The van der Waals surface area contributed by atoms with E-state index >= 15 is 0 Å². The minimum absolute atomic E-state index is 0.122. The van der Waals surface area contributed by atoms with Gasteiger partial charge in [0.2, 0.25) is 23.7 Å². The summed E-state index contributed by atoms with van der Waals surface area (Å²) in [6.07, 6.45) is 1.40. The first-order valence-electron chi connectivity index (χ1n) is 13.2. The minimum atomic E-state index is -1.49. The van der Waals surface area contributed by atoms with Crippen molar-refractivity contribution in [1.82, 2.24) is 15.0 Å². The highest BCUT2D eigenvalue weighted by Crippen LogP contribution is 2.26. The summed E-state index contributed by atoms with van der Waals surface area (Å²) in [4.78, 5) is 30.3. The van der Waals surface area contributed by atoms with Crippen LogP contribution < -0.4 is 43.4 Å². The van der Waals surface area contributed by atoms with Gasteiger partial charge in [0.15, 0.2) is 11.6 Å². The molecule has 3 aromatic rings. The standard InChI is InChI=1S/C26H33F2N11O2/c27-20-6-5-19(22(40)21(20)28)23(41)33-17-1-3-18(4-2-17)34-24-35-25(38-9-13(29)7-14(30)10-38)37-26(36-24)39-11-15(31)8-16(32)12-39/h1-6,13-16,40H,7-12,29-32H2,(H,33,41)(H,34,35,36,37)/t13-,14+,15-,16+. The van der Waals surface area contributed by atoms with Crippen LogP contribution in [0.1, 0.15) is 23.2 Å². The van der Waals surface area contributed by atoms with Crippen molar-refractivity contribution in [1.29, 1.82) is 0 Å². The Morgan fingerprint density at radius 1 is 0.780 bits per heavy atom. The zero-order valence-corrected chi connectivity index (χ0v) is 22.2. The Bertz CT molecular complexity index is 1350. The molecule has 5 rings (SSSR count). The van der Waals surface area contributed by atoms with Crippen molar-refractivity contribution in [2.24, 2.45) is 22.9 Å². The first kappa shape index (κ1) is 28.4. The van der Waals surface area contributed by atoms with Crippen molar-refractivity contribution in [2.45, 2.75) is 37.0 Å². The van der Waals surface area contributed by atoms with E-state index < -0.39 is 28.9 Å². The predicted octanol–water partition coefficient (Wildman–Crippen LogP) is 0.581. The molecule has 4 atom stereocenters. The highest BCUT2D eigenvalue weighted by Gasteiger charge is 2.29. The Kier molecular flexibility index (Phi) is 8.12. The van der Waals surface area contributed by atoms with Gasteiger partial charge in [-0.25, -0.2) is 4.39 Å². The Morgan fingerprint density at radius 3 is 1.78 bits per heavy atom. The molecule has 2 saturated heterocycles. The van der Waals surface area contributed by atoms with Crippen molar-refractivity contribution < 1.29 is 18.7 Å². The first-order valence-corrected chi connectivity index (χ1v) is 13.2. The van der Waals surface area contributed by atoms with Crippen LogP contribution >= 0.6 is 0 Å². The molecular weight excluding hydrogens is 536 g/mol. The summed E-state index contributed by atoms with van der Waals surface area (Å²) in [6.45, 7) is 2.16. The van der Waals surface area contributed by atoms with E-state index in [1.807, 2.05) is 9.80 Å². The number of hydrogen-bond acceptors (Lipinski definition) is 12. The molecule has 0 aliphatic carbocycles. The van der Waals surface area contributed by atoms with Gasteiger partial charge in [-0.15, -0.1) is 0 Å². The van der Waals surface area contributed by atoms with Crippen LogP contribution in [0.2, 0.25) is 0 Å². The number of phenolic OH excluding ortho intramolecular Hbond substituents is 1. The number of phenols is 1. The highest BCUT2D eigenvalue weighted by atomic mass is 19.2. The molecule has 0 saturated carbocycles. The van der Waals surface area contributed by atoms with Crippen molar-refractivity contribution >= 4 is 35.1 Å². The van der Waals surface area contributed by atoms with E-state index in [9.17, 15) is 18.7 Å². The molecule has 2 fully saturated rings. The number of amides is 1. The number of benzene rings is 2. The molecule has 2 aliphatic rings. The van der Waals surface area contributed by atoms with Gasteiger partial charge in [-0.2, -0.15) is 19.3 Å². The molecule has 0 bridgehead atoms. The van der Waals surface area contributed by atoms with Crippen LogP contribution in [0, 0.1) is 11.6 Å². The summed E-state index contributed by atoms with van der Waals surface area (Å²) in [5.74, 6) is -3.49. The number of carbonyl (C=O) groups is 1. The summed E-state index contributed by atoms with van der Waals surface area (Å²) >= 11 is 0. The summed E-state index contributed by atoms with van der Waals surface area (Å²) in [5, 5.41) is 15.5.